The largest absolute Gasteiger partial charge is 0.356 e. The molecule has 0 heterocycles. The van der Waals surface area contributed by atoms with Gasteiger partial charge in [-0.15, -0.1) is 0 Å². The Labute approximate surface area is 213 Å². The second-order valence-corrected chi connectivity index (χ2v) is 12.3. The average Bonchev–Trinajstić information content (AvgIpc) is 2.77. The Hall–Kier alpha value is -0.220. The fourth-order valence-electron chi connectivity index (χ4n) is 4.21. The van der Waals surface area contributed by atoms with Crippen LogP contribution >= 0.6 is 11.8 Å². The molecule has 3 nitrogen and oxygen atoms in total. The Morgan fingerprint density at radius 1 is 0.606 bits per heavy atom. The van der Waals surface area contributed by atoms with Crippen molar-refractivity contribution in [2.45, 2.75) is 135 Å². The van der Waals surface area contributed by atoms with Crippen LogP contribution in [0.25, 0.3) is 0 Å². The van der Waals surface area contributed by atoms with Crippen LogP contribution in [0.2, 0.25) is 0 Å². The number of quaternary nitrogens is 1. The number of thioether (sulfide) groups is 1. The van der Waals surface area contributed by atoms with Gasteiger partial charge in [-0.1, -0.05) is 103 Å². The zero-order valence-corrected chi connectivity index (χ0v) is 24.1. The van der Waals surface area contributed by atoms with Crippen LogP contribution in [0, 0.1) is 0 Å². The predicted molar refractivity (Wildman–Crippen MR) is 151 cm³/mol. The van der Waals surface area contributed by atoms with Crippen LogP contribution in [0.15, 0.2) is 0 Å². The van der Waals surface area contributed by atoms with Crippen molar-refractivity contribution in [1.82, 2.24) is 5.32 Å². The molecular weight excluding hydrogens is 424 g/mol. The summed E-state index contributed by atoms with van der Waals surface area (Å²) in [6.07, 6.45) is 26.6. The third kappa shape index (κ3) is 29.7. The predicted octanol–water partition coefficient (Wildman–Crippen LogP) is 8.36. The van der Waals surface area contributed by atoms with Crippen LogP contribution in [0.5, 0.6) is 0 Å². The van der Waals surface area contributed by atoms with Crippen LogP contribution in [0.3, 0.4) is 0 Å². The molecule has 1 amide bonds. The number of carbonyl (C=O) groups excluding carboxylic acids is 1. The van der Waals surface area contributed by atoms with Gasteiger partial charge in [-0.05, 0) is 30.8 Å². The van der Waals surface area contributed by atoms with E-state index in [0.29, 0.717) is 6.42 Å². The second kappa shape index (κ2) is 24.9. The molecule has 0 aliphatic rings. The van der Waals surface area contributed by atoms with E-state index in [0.717, 1.165) is 30.4 Å². The van der Waals surface area contributed by atoms with Crippen molar-refractivity contribution in [3.05, 3.63) is 0 Å². The Morgan fingerprint density at radius 3 is 1.48 bits per heavy atom. The summed E-state index contributed by atoms with van der Waals surface area (Å²) in [6, 6.07) is 0. The SMILES string of the molecule is CCCCCCCCCCCCSCCCCCCCCCCC(=O)NCCC[N+](C)(C)C. The van der Waals surface area contributed by atoms with Gasteiger partial charge < -0.3 is 9.80 Å². The number of carbonyl (C=O) groups is 1. The molecule has 0 radical (unpaired) electrons. The zero-order chi connectivity index (χ0) is 24.5. The third-order valence-electron chi connectivity index (χ3n) is 6.41. The Morgan fingerprint density at radius 2 is 1.03 bits per heavy atom. The van der Waals surface area contributed by atoms with Gasteiger partial charge in [-0.25, -0.2) is 0 Å². The summed E-state index contributed by atoms with van der Waals surface area (Å²) < 4.78 is 0.966. The lowest BCUT2D eigenvalue weighted by molar-refractivity contribution is -0.870. The number of nitrogens with zero attached hydrogens (tertiary/aromatic N) is 1. The molecule has 0 spiro atoms. The van der Waals surface area contributed by atoms with Crippen molar-refractivity contribution in [2.24, 2.45) is 0 Å². The normalized spacial score (nSPS) is 11.8. The number of unbranched alkanes of at least 4 members (excludes halogenated alkanes) is 16. The molecule has 0 saturated heterocycles. The fraction of sp³-hybridized carbons (Fsp3) is 0.966. The lowest BCUT2D eigenvalue weighted by Crippen LogP contribution is -2.37. The molecule has 0 aliphatic carbocycles. The quantitative estimate of drug-likeness (QED) is 0.0984. The molecule has 198 valence electrons. The first-order valence-electron chi connectivity index (χ1n) is 14.6. The first kappa shape index (κ1) is 32.8. The molecule has 0 bridgehead atoms. The molecule has 0 fully saturated rings. The van der Waals surface area contributed by atoms with E-state index >= 15 is 0 Å². The summed E-state index contributed by atoms with van der Waals surface area (Å²) in [5, 5.41) is 3.07. The summed E-state index contributed by atoms with van der Waals surface area (Å²) in [5.74, 6) is 2.98. The van der Waals surface area contributed by atoms with Crippen LogP contribution in [0.1, 0.15) is 135 Å². The number of nitrogens with one attached hydrogen (secondary N) is 1. The first-order chi connectivity index (χ1) is 16.0. The molecule has 0 aromatic heterocycles. The smallest absolute Gasteiger partial charge is 0.219 e. The highest BCUT2D eigenvalue weighted by Crippen LogP contribution is 2.15. The van der Waals surface area contributed by atoms with Crippen LogP contribution in [0.4, 0.5) is 0 Å². The van der Waals surface area contributed by atoms with E-state index in [9.17, 15) is 4.79 Å². The van der Waals surface area contributed by atoms with E-state index in [-0.39, 0.29) is 5.91 Å². The van der Waals surface area contributed by atoms with E-state index in [1.54, 1.807) is 0 Å². The van der Waals surface area contributed by atoms with Gasteiger partial charge in [0, 0.05) is 19.4 Å². The van der Waals surface area contributed by atoms with Crippen molar-refractivity contribution in [1.29, 1.82) is 0 Å². The van der Waals surface area contributed by atoms with Crippen molar-refractivity contribution in [2.75, 3.05) is 45.7 Å². The van der Waals surface area contributed by atoms with E-state index in [2.05, 4.69) is 45.1 Å². The minimum Gasteiger partial charge on any atom is -0.356 e. The topological polar surface area (TPSA) is 29.1 Å². The van der Waals surface area contributed by atoms with Crippen LogP contribution < -0.4 is 5.32 Å². The maximum atomic E-state index is 11.9. The Kier molecular flexibility index (Phi) is 24.7. The number of rotatable bonds is 26. The highest BCUT2D eigenvalue weighted by atomic mass is 32.2. The number of hydrogen-bond acceptors (Lipinski definition) is 2. The highest BCUT2D eigenvalue weighted by molar-refractivity contribution is 7.99. The monoisotopic (exact) mass is 485 g/mol. The summed E-state index contributed by atoms with van der Waals surface area (Å²) in [7, 11) is 6.59. The molecule has 0 aromatic rings. The zero-order valence-electron chi connectivity index (χ0n) is 23.2. The van der Waals surface area contributed by atoms with Gasteiger partial charge >= 0.3 is 0 Å². The van der Waals surface area contributed by atoms with E-state index < -0.39 is 0 Å². The maximum absolute atomic E-state index is 11.9. The first-order valence-corrected chi connectivity index (χ1v) is 15.8. The summed E-state index contributed by atoms with van der Waals surface area (Å²) in [5.41, 5.74) is 0. The van der Waals surface area contributed by atoms with Gasteiger partial charge in [0.05, 0.1) is 27.7 Å². The summed E-state index contributed by atoms with van der Waals surface area (Å²) >= 11 is 2.18. The molecule has 1 N–H and O–H groups in total. The molecular formula is C29H61N2OS+. The summed E-state index contributed by atoms with van der Waals surface area (Å²) in [6.45, 7) is 4.23. The number of hydrogen-bond donors (Lipinski definition) is 1. The molecule has 33 heavy (non-hydrogen) atoms. The van der Waals surface area contributed by atoms with Gasteiger partial charge in [0.2, 0.25) is 5.91 Å². The molecule has 0 aliphatic heterocycles. The minimum absolute atomic E-state index is 0.242. The van der Waals surface area contributed by atoms with Gasteiger partial charge in [0.1, 0.15) is 0 Å². The fourth-order valence-corrected chi connectivity index (χ4v) is 5.23. The van der Waals surface area contributed by atoms with Gasteiger partial charge in [-0.2, -0.15) is 11.8 Å². The van der Waals surface area contributed by atoms with Crippen molar-refractivity contribution < 1.29 is 9.28 Å². The standard InChI is InChI=1S/C29H60N2OS/c1-5-6-7-8-9-10-12-15-18-21-27-33-28-22-19-16-13-11-14-17-20-24-29(32)30-25-23-26-31(2,3)4/h5-28H2,1-4H3/p+1. The van der Waals surface area contributed by atoms with E-state index in [1.807, 2.05) is 0 Å². The number of amides is 1. The van der Waals surface area contributed by atoms with E-state index in [1.165, 1.54) is 121 Å². The van der Waals surface area contributed by atoms with E-state index in [4.69, 9.17) is 0 Å². The van der Waals surface area contributed by atoms with Crippen molar-refractivity contribution in [3.8, 4) is 0 Å². The second-order valence-electron chi connectivity index (χ2n) is 11.1. The van der Waals surface area contributed by atoms with Gasteiger partial charge in [0.15, 0.2) is 0 Å². The Balaban J connectivity index is 3.13. The van der Waals surface area contributed by atoms with Crippen molar-refractivity contribution >= 4 is 17.7 Å². The summed E-state index contributed by atoms with van der Waals surface area (Å²) in [4.78, 5) is 11.9. The minimum atomic E-state index is 0.242. The molecule has 4 heteroatoms. The molecule has 0 aromatic carbocycles. The molecule has 0 unspecified atom stereocenters. The van der Waals surface area contributed by atoms with Crippen molar-refractivity contribution in [3.63, 3.8) is 0 Å². The molecule has 0 saturated carbocycles. The Bertz CT molecular complexity index is 409. The average molecular weight is 486 g/mol. The third-order valence-corrected chi connectivity index (χ3v) is 7.57. The molecule has 0 atom stereocenters. The van der Waals surface area contributed by atoms with Gasteiger partial charge in [-0.3, -0.25) is 4.79 Å². The highest BCUT2D eigenvalue weighted by Gasteiger charge is 2.06. The van der Waals surface area contributed by atoms with Gasteiger partial charge in [0.25, 0.3) is 0 Å². The maximum Gasteiger partial charge on any atom is 0.219 e. The molecule has 0 rings (SSSR count). The van der Waals surface area contributed by atoms with Crippen LogP contribution in [-0.4, -0.2) is 56.1 Å². The lowest BCUT2D eigenvalue weighted by Gasteiger charge is -2.23. The lowest BCUT2D eigenvalue weighted by atomic mass is 10.1. The van der Waals surface area contributed by atoms with Crippen LogP contribution in [-0.2, 0) is 4.79 Å².